The first kappa shape index (κ1) is 11.4. The molecule has 2 rings (SSSR count). The van der Waals surface area contributed by atoms with E-state index >= 15 is 0 Å². The molecule has 0 radical (unpaired) electrons. The Labute approximate surface area is 104 Å². The average Bonchev–Trinajstić information content (AvgIpc) is 2.19. The molecule has 84 valence electrons. The minimum atomic E-state index is 0.399. The Morgan fingerprint density at radius 2 is 2.00 bits per heavy atom. The van der Waals surface area contributed by atoms with Gasteiger partial charge in [-0.2, -0.15) is 0 Å². The Kier molecular flexibility index (Phi) is 2.89. The molecule has 0 saturated heterocycles. The topological polar surface area (TPSA) is 38.9 Å². The van der Waals surface area contributed by atoms with Gasteiger partial charge in [-0.15, -0.1) is 0 Å². The third-order valence-corrected chi connectivity index (χ3v) is 3.45. The van der Waals surface area contributed by atoms with E-state index < -0.39 is 0 Å². The molecular weight excluding hydrogens is 264 g/mol. The molecule has 3 heteroatoms. The number of hydrogen-bond donors (Lipinski definition) is 1. The van der Waals surface area contributed by atoms with Crippen LogP contribution in [-0.4, -0.2) is 4.98 Å². The van der Waals surface area contributed by atoms with Crippen molar-refractivity contribution in [3.63, 3.8) is 0 Å². The fraction of sp³-hybridized carbons (Fsp3) is 0.308. The molecule has 0 unspecified atom stereocenters. The number of nitrogens with two attached hydrogens (primary N) is 1. The molecule has 0 fully saturated rings. The van der Waals surface area contributed by atoms with Crippen molar-refractivity contribution in [2.45, 2.75) is 26.7 Å². The lowest BCUT2D eigenvalue weighted by Gasteiger charge is -2.15. The van der Waals surface area contributed by atoms with E-state index in [0.717, 1.165) is 32.3 Å². The van der Waals surface area contributed by atoms with Crippen LogP contribution in [0.15, 0.2) is 22.7 Å². The van der Waals surface area contributed by atoms with Crippen molar-refractivity contribution in [1.29, 1.82) is 0 Å². The number of benzene rings is 1. The van der Waals surface area contributed by atoms with Crippen LogP contribution in [0.1, 0.15) is 31.0 Å². The van der Waals surface area contributed by atoms with E-state index in [1.807, 2.05) is 25.1 Å². The molecule has 0 aliphatic heterocycles. The van der Waals surface area contributed by atoms with E-state index in [1.165, 1.54) is 0 Å². The van der Waals surface area contributed by atoms with Gasteiger partial charge in [-0.3, -0.25) is 4.98 Å². The first-order chi connectivity index (χ1) is 7.52. The number of fused-ring (bicyclic) bond motifs is 1. The molecule has 0 atom stereocenters. The molecule has 1 aromatic heterocycles. The van der Waals surface area contributed by atoms with Gasteiger partial charge in [-0.1, -0.05) is 26.0 Å². The number of pyridine rings is 1. The highest BCUT2D eigenvalue weighted by Gasteiger charge is 2.13. The van der Waals surface area contributed by atoms with E-state index in [0.29, 0.717) is 5.92 Å². The highest BCUT2D eigenvalue weighted by molar-refractivity contribution is 9.10. The quantitative estimate of drug-likeness (QED) is 0.856. The van der Waals surface area contributed by atoms with E-state index in [-0.39, 0.29) is 0 Å². The van der Waals surface area contributed by atoms with Crippen LogP contribution in [0.5, 0.6) is 0 Å². The van der Waals surface area contributed by atoms with Gasteiger partial charge in [-0.05, 0) is 40.4 Å². The van der Waals surface area contributed by atoms with Crippen molar-refractivity contribution >= 4 is 32.5 Å². The molecule has 2 nitrogen and oxygen atoms in total. The maximum Gasteiger partial charge on any atom is 0.0868 e. The summed E-state index contributed by atoms with van der Waals surface area (Å²) in [5, 5.41) is 1.03. The van der Waals surface area contributed by atoms with Gasteiger partial charge in [0.2, 0.25) is 0 Å². The largest absolute Gasteiger partial charge is 0.398 e. The Morgan fingerprint density at radius 3 is 2.62 bits per heavy atom. The SMILES string of the molecule is Cc1nc2c(Br)cccc2c(N)c1C(C)C. The second-order valence-corrected chi connectivity index (χ2v) is 5.17. The zero-order chi connectivity index (χ0) is 11.9. The second kappa shape index (κ2) is 4.06. The average molecular weight is 279 g/mol. The highest BCUT2D eigenvalue weighted by Crippen LogP contribution is 2.33. The Bertz CT molecular complexity index is 547. The maximum absolute atomic E-state index is 6.23. The third-order valence-electron chi connectivity index (χ3n) is 2.81. The molecule has 16 heavy (non-hydrogen) atoms. The molecule has 0 bridgehead atoms. The first-order valence-electron chi connectivity index (χ1n) is 5.36. The summed E-state index contributed by atoms with van der Waals surface area (Å²) in [6.07, 6.45) is 0. The van der Waals surface area contributed by atoms with Crippen molar-refractivity contribution in [2.75, 3.05) is 5.73 Å². The molecule has 0 spiro atoms. The number of anilines is 1. The van der Waals surface area contributed by atoms with Crippen molar-refractivity contribution in [2.24, 2.45) is 0 Å². The lowest BCUT2D eigenvalue weighted by atomic mass is 9.97. The summed E-state index contributed by atoms with van der Waals surface area (Å²) in [6, 6.07) is 6.00. The normalized spacial score (nSPS) is 11.3. The number of hydrogen-bond acceptors (Lipinski definition) is 2. The molecule has 1 aromatic carbocycles. The lowest BCUT2D eigenvalue weighted by molar-refractivity contribution is 0.851. The van der Waals surface area contributed by atoms with Gasteiger partial charge in [0.05, 0.1) is 5.52 Å². The number of halogens is 1. The molecule has 1 heterocycles. The predicted octanol–water partition coefficient (Wildman–Crippen LogP) is 4.01. The monoisotopic (exact) mass is 278 g/mol. The first-order valence-corrected chi connectivity index (χ1v) is 6.16. The van der Waals surface area contributed by atoms with Gasteiger partial charge < -0.3 is 5.73 Å². The molecule has 2 N–H and O–H groups in total. The van der Waals surface area contributed by atoms with Crippen LogP contribution in [-0.2, 0) is 0 Å². The number of aromatic nitrogens is 1. The fourth-order valence-corrected chi connectivity index (χ4v) is 2.60. The molecule has 2 aromatic rings. The minimum Gasteiger partial charge on any atom is -0.398 e. The smallest absolute Gasteiger partial charge is 0.0868 e. The lowest BCUT2D eigenvalue weighted by Crippen LogP contribution is -2.03. The molecule has 0 aliphatic carbocycles. The van der Waals surface area contributed by atoms with Crippen LogP contribution in [0.4, 0.5) is 5.69 Å². The Balaban J connectivity index is 2.89. The van der Waals surface area contributed by atoms with Crippen LogP contribution in [0.3, 0.4) is 0 Å². The summed E-state index contributed by atoms with van der Waals surface area (Å²) in [6.45, 7) is 6.30. The van der Waals surface area contributed by atoms with E-state index in [1.54, 1.807) is 0 Å². The summed E-state index contributed by atoms with van der Waals surface area (Å²) >= 11 is 3.51. The van der Waals surface area contributed by atoms with Gasteiger partial charge in [0.25, 0.3) is 0 Å². The summed E-state index contributed by atoms with van der Waals surface area (Å²) in [5.41, 5.74) is 10.2. The number of nitrogens with zero attached hydrogens (tertiary/aromatic N) is 1. The van der Waals surface area contributed by atoms with Crippen molar-refractivity contribution in [3.05, 3.63) is 33.9 Å². The number of rotatable bonds is 1. The summed E-state index contributed by atoms with van der Waals surface area (Å²) in [7, 11) is 0. The third kappa shape index (κ3) is 1.69. The van der Waals surface area contributed by atoms with Crippen molar-refractivity contribution in [3.8, 4) is 0 Å². The van der Waals surface area contributed by atoms with E-state index in [2.05, 4.69) is 34.8 Å². The van der Waals surface area contributed by atoms with Gasteiger partial charge in [0.15, 0.2) is 0 Å². The van der Waals surface area contributed by atoms with E-state index in [4.69, 9.17) is 5.73 Å². The molecule has 0 amide bonds. The summed E-state index contributed by atoms with van der Waals surface area (Å²) in [4.78, 5) is 4.63. The van der Waals surface area contributed by atoms with Crippen LogP contribution in [0.2, 0.25) is 0 Å². The van der Waals surface area contributed by atoms with Crippen molar-refractivity contribution < 1.29 is 0 Å². The van der Waals surface area contributed by atoms with Crippen LogP contribution < -0.4 is 5.73 Å². The molecule has 0 saturated carbocycles. The molecular formula is C13H15BrN2. The Morgan fingerprint density at radius 1 is 1.31 bits per heavy atom. The number of nitrogen functional groups attached to an aromatic ring is 1. The summed E-state index contributed by atoms with van der Waals surface area (Å²) < 4.78 is 0.995. The van der Waals surface area contributed by atoms with Gasteiger partial charge >= 0.3 is 0 Å². The maximum atomic E-state index is 6.23. The summed E-state index contributed by atoms with van der Waals surface area (Å²) in [5.74, 6) is 0.399. The zero-order valence-electron chi connectivity index (χ0n) is 9.71. The van der Waals surface area contributed by atoms with Gasteiger partial charge in [0, 0.05) is 21.2 Å². The van der Waals surface area contributed by atoms with E-state index in [9.17, 15) is 0 Å². The predicted molar refractivity (Wildman–Crippen MR) is 72.7 cm³/mol. The number of para-hydroxylation sites is 1. The standard InChI is InChI=1S/C13H15BrN2/c1-7(2)11-8(3)16-13-9(12(11)15)5-4-6-10(13)14/h4-7H,1-3H3,(H2,15,16). The minimum absolute atomic E-state index is 0.399. The van der Waals surface area contributed by atoms with Gasteiger partial charge in [0.1, 0.15) is 0 Å². The van der Waals surface area contributed by atoms with Gasteiger partial charge in [-0.25, -0.2) is 0 Å². The number of aryl methyl sites for hydroxylation is 1. The fourth-order valence-electron chi connectivity index (χ4n) is 2.14. The highest BCUT2D eigenvalue weighted by atomic mass is 79.9. The molecule has 0 aliphatic rings. The Hall–Kier alpha value is -1.09. The van der Waals surface area contributed by atoms with Crippen LogP contribution in [0, 0.1) is 6.92 Å². The van der Waals surface area contributed by atoms with Crippen LogP contribution >= 0.6 is 15.9 Å². The zero-order valence-corrected chi connectivity index (χ0v) is 11.3. The second-order valence-electron chi connectivity index (χ2n) is 4.32. The van der Waals surface area contributed by atoms with Crippen molar-refractivity contribution in [1.82, 2.24) is 4.98 Å². The van der Waals surface area contributed by atoms with Crippen LogP contribution in [0.25, 0.3) is 10.9 Å².